The number of esters is 1. The van der Waals surface area contributed by atoms with Crippen molar-refractivity contribution in [1.29, 1.82) is 0 Å². The van der Waals surface area contributed by atoms with E-state index in [2.05, 4.69) is 47.6 Å². The molecule has 4 fully saturated rings. The molecular formula is C40H56O7. The van der Waals surface area contributed by atoms with E-state index in [9.17, 15) is 24.9 Å². The molecule has 11 atom stereocenters. The van der Waals surface area contributed by atoms with Crippen molar-refractivity contribution < 1.29 is 34.4 Å². The molecule has 0 saturated heterocycles. The number of aliphatic hydroxyl groups excluding tert-OH is 1. The molecule has 7 heteroatoms. The van der Waals surface area contributed by atoms with Crippen LogP contribution >= 0.6 is 0 Å². The summed E-state index contributed by atoms with van der Waals surface area (Å²) < 4.78 is 11.1. The predicted octanol–water partition coefficient (Wildman–Crippen LogP) is 8.04. The van der Waals surface area contributed by atoms with Crippen LogP contribution in [0.1, 0.15) is 105 Å². The zero-order valence-electron chi connectivity index (χ0n) is 29.5. The average molecular weight is 649 g/mol. The van der Waals surface area contributed by atoms with Crippen LogP contribution in [-0.2, 0) is 14.3 Å². The third-order valence-corrected chi connectivity index (χ3v) is 15.3. The molecule has 3 N–H and O–H groups in total. The highest BCUT2D eigenvalue weighted by atomic mass is 16.5. The lowest BCUT2D eigenvalue weighted by molar-refractivity contribution is -0.220. The molecule has 7 nitrogen and oxygen atoms in total. The van der Waals surface area contributed by atoms with Crippen LogP contribution in [-0.4, -0.2) is 47.1 Å². The van der Waals surface area contributed by atoms with Crippen LogP contribution in [0.25, 0.3) is 6.08 Å². The number of aliphatic hydroxyl groups is 1. The van der Waals surface area contributed by atoms with Gasteiger partial charge in [0.1, 0.15) is 0 Å². The molecule has 5 aliphatic carbocycles. The van der Waals surface area contributed by atoms with Gasteiger partial charge in [-0.05, 0) is 127 Å². The molecule has 0 bridgehead atoms. The van der Waals surface area contributed by atoms with Gasteiger partial charge in [0.2, 0.25) is 0 Å². The Labute approximate surface area is 280 Å². The second-order valence-electron chi connectivity index (χ2n) is 17.0. The first-order valence-electron chi connectivity index (χ1n) is 17.9. The number of hydrogen-bond donors (Lipinski definition) is 3. The topological polar surface area (TPSA) is 113 Å². The van der Waals surface area contributed by atoms with Gasteiger partial charge in [-0.25, -0.2) is 4.79 Å². The summed E-state index contributed by atoms with van der Waals surface area (Å²) in [5, 5.41) is 32.1. The molecule has 6 rings (SSSR count). The number of rotatable bonds is 6. The number of benzene rings is 1. The van der Waals surface area contributed by atoms with Crippen molar-refractivity contribution in [2.75, 3.05) is 13.7 Å². The highest BCUT2D eigenvalue weighted by Gasteiger charge is 2.70. The minimum Gasteiger partial charge on any atom is -0.504 e. The van der Waals surface area contributed by atoms with E-state index in [1.807, 2.05) is 0 Å². The van der Waals surface area contributed by atoms with Gasteiger partial charge in [-0.1, -0.05) is 59.3 Å². The molecule has 1 aromatic rings. The average Bonchev–Trinajstić information content (AvgIpc) is 3.03. The van der Waals surface area contributed by atoms with Crippen LogP contribution in [0, 0.1) is 56.7 Å². The van der Waals surface area contributed by atoms with Gasteiger partial charge < -0.3 is 24.8 Å². The molecular weight excluding hydrogens is 592 g/mol. The van der Waals surface area contributed by atoms with E-state index in [1.54, 1.807) is 18.2 Å². The largest absolute Gasteiger partial charge is 0.504 e. The van der Waals surface area contributed by atoms with Gasteiger partial charge in [-0.3, -0.25) is 4.79 Å². The summed E-state index contributed by atoms with van der Waals surface area (Å²) >= 11 is 0. The van der Waals surface area contributed by atoms with Crippen LogP contribution in [0.4, 0.5) is 0 Å². The fourth-order valence-electron chi connectivity index (χ4n) is 12.1. The summed E-state index contributed by atoms with van der Waals surface area (Å²) in [6, 6.07) is 4.88. The normalized spacial score (nSPS) is 44.3. The maximum atomic E-state index is 13.0. The van der Waals surface area contributed by atoms with Crippen molar-refractivity contribution in [3.05, 3.63) is 41.5 Å². The van der Waals surface area contributed by atoms with E-state index in [0.717, 1.165) is 51.4 Å². The Balaban J connectivity index is 1.26. The van der Waals surface area contributed by atoms with Gasteiger partial charge in [-0.15, -0.1) is 0 Å². The third kappa shape index (κ3) is 4.91. The number of carboxylic acids is 1. The first-order chi connectivity index (χ1) is 22.1. The van der Waals surface area contributed by atoms with Crippen molar-refractivity contribution in [2.45, 2.75) is 105 Å². The van der Waals surface area contributed by atoms with Gasteiger partial charge in [0.25, 0.3) is 0 Å². The maximum absolute atomic E-state index is 13.0. The van der Waals surface area contributed by atoms with Crippen LogP contribution < -0.4 is 4.74 Å². The van der Waals surface area contributed by atoms with Crippen LogP contribution in [0.5, 0.6) is 11.5 Å². The zero-order chi connectivity index (χ0) is 34.2. The number of allylic oxidation sites excluding steroid dienone is 2. The molecule has 0 spiro atoms. The molecule has 11 unspecified atom stereocenters. The quantitative estimate of drug-likeness (QED) is 0.163. The van der Waals surface area contributed by atoms with E-state index in [0.29, 0.717) is 35.5 Å². The van der Waals surface area contributed by atoms with Gasteiger partial charge in [0.15, 0.2) is 11.5 Å². The minimum absolute atomic E-state index is 0.0151. The maximum Gasteiger partial charge on any atom is 0.330 e. The number of phenols is 1. The molecule has 258 valence electrons. The summed E-state index contributed by atoms with van der Waals surface area (Å²) in [6.45, 7) is 14.3. The number of carbonyl (C=O) groups excluding carboxylic acids is 1. The fourth-order valence-corrected chi connectivity index (χ4v) is 12.1. The van der Waals surface area contributed by atoms with E-state index in [4.69, 9.17) is 9.47 Å². The molecule has 0 aromatic heterocycles. The van der Waals surface area contributed by atoms with E-state index >= 15 is 0 Å². The minimum atomic E-state index is -0.651. The summed E-state index contributed by atoms with van der Waals surface area (Å²) in [7, 11) is 1.48. The Morgan fingerprint density at radius 2 is 1.72 bits per heavy atom. The number of hydrogen-bond acceptors (Lipinski definition) is 6. The molecule has 0 radical (unpaired) electrons. The van der Waals surface area contributed by atoms with Crippen molar-refractivity contribution in [3.63, 3.8) is 0 Å². The van der Waals surface area contributed by atoms with Crippen molar-refractivity contribution in [3.8, 4) is 11.5 Å². The Bertz CT molecular complexity index is 1480. The zero-order valence-corrected chi connectivity index (χ0v) is 29.5. The van der Waals surface area contributed by atoms with Gasteiger partial charge in [0.05, 0.1) is 25.2 Å². The lowest BCUT2D eigenvalue weighted by Crippen LogP contribution is -2.66. The van der Waals surface area contributed by atoms with Crippen molar-refractivity contribution in [2.24, 2.45) is 56.7 Å². The molecule has 5 aliphatic rings. The molecule has 0 aliphatic heterocycles. The summed E-state index contributed by atoms with van der Waals surface area (Å²) in [5.41, 5.74) is 0.796. The summed E-state index contributed by atoms with van der Waals surface area (Å²) in [4.78, 5) is 26.0. The van der Waals surface area contributed by atoms with Gasteiger partial charge in [0, 0.05) is 11.5 Å². The third-order valence-electron chi connectivity index (χ3n) is 15.3. The monoisotopic (exact) mass is 648 g/mol. The van der Waals surface area contributed by atoms with E-state index in [1.165, 1.54) is 24.8 Å². The number of aliphatic carboxylic acids is 1. The molecule has 4 saturated carbocycles. The first kappa shape index (κ1) is 34.1. The second kappa shape index (κ2) is 11.7. The van der Waals surface area contributed by atoms with Crippen LogP contribution in [0.15, 0.2) is 35.9 Å². The summed E-state index contributed by atoms with van der Waals surface area (Å²) in [5.74, 6) is 0.811. The Morgan fingerprint density at radius 1 is 0.979 bits per heavy atom. The Morgan fingerprint density at radius 3 is 2.43 bits per heavy atom. The lowest BCUT2D eigenvalue weighted by Gasteiger charge is -2.71. The molecule has 1 aromatic carbocycles. The molecule has 0 amide bonds. The van der Waals surface area contributed by atoms with E-state index in [-0.39, 0.29) is 40.4 Å². The summed E-state index contributed by atoms with van der Waals surface area (Å²) in [6.07, 6.45) is 12.9. The van der Waals surface area contributed by atoms with Crippen molar-refractivity contribution in [1.82, 2.24) is 0 Å². The number of fused-ring (bicyclic) bond motifs is 7. The van der Waals surface area contributed by atoms with Crippen LogP contribution in [0.2, 0.25) is 0 Å². The first-order valence-corrected chi connectivity index (χ1v) is 17.9. The highest BCUT2D eigenvalue weighted by Crippen LogP contribution is 2.75. The Kier molecular flexibility index (Phi) is 8.46. The van der Waals surface area contributed by atoms with Gasteiger partial charge in [-0.2, -0.15) is 0 Å². The predicted molar refractivity (Wildman–Crippen MR) is 182 cm³/mol. The van der Waals surface area contributed by atoms with Crippen LogP contribution in [0.3, 0.4) is 0 Å². The van der Waals surface area contributed by atoms with E-state index < -0.39 is 28.9 Å². The molecule has 47 heavy (non-hydrogen) atoms. The number of ether oxygens (including phenoxy) is 2. The van der Waals surface area contributed by atoms with Crippen molar-refractivity contribution >= 4 is 18.0 Å². The lowest BCUT2D eigenvalue weighted by atomic mass is 9.33. The smallest absolute Gasteiger partial charge is 0.330 e. The standard InChI is InChI=1S/C40H56O7/c1-24-14-19-40(35(44)45)21-20-38(5)27(34(40)25(24)2)10-12-31-36(3)17-16-32(42)37(4,30(36)15-18-39(31,38)6)23-47-33(43)13-9-26-8-11-28(41)29(22-26)46-7/h8-11,13,22,24-25,30-32,34,41-42H,12,14-21,23H2,1-7H3,(H,44,45). The Hall–Kier alpha value is -2.80. The van der Waals surface area contributed by atoms with Gasteiger partial charge >= 0.3 is 11.9 Å². The number of carbonyl (C=O) groups is 2. The number of methoxy groups -OCH3 is 1. The fraction of sp³-hybridized carbons (Fsp3) is 0.700. The SMILES string of the molecule is COc1cc(C=CC(=O)OCC2(C)C(O)CCC3(C)C2CCC2(C)C3CC=C3C4C(C)C(C)CCC4(C(=O)O)CCC32C)ccc1O. The highest BCUT2D eigenvalue weighted by molar-refractivity contribution is 5.87. The molecule has 0 heterocycles. The number of phenolic OH excluding ortho intramolecular Hbond substituents is 1. The number of carboxylic acid groups (broad SMARTS) is 1. The number of aromatic hydroxyl groups is 1. The second-order valence-corrected chi connectivity index (χ2v) is 17.0.